The summed E-state index contributed by atoms with van der Waals surface area (Å²) in [4.78, 5) is 2.30. The van der Waals surface area contributed by atoms with Crippen LogP contribution in [0.25, 0.3) is 0 Å². The van der Waals surface area contributed by atoms with Crippen molar-refractivity contribution in [1.82, 2.24) is 4.90 Å². The Bertz CT molecular complexity index is 323. The molecule has 3 heteroatoms. The summed E-state index contributed by atoms with van der Waals surface area (Å²) in [7, 11) is 2.12. The van der Waals surface area contributed by atoms with E-state index in [1.54, 1.807) is 0 Å². The third-order valence-electron chi connectivity index (χ3n) is 3.20. The van der Waals surface area contributed by atoms with E-state index < -0.39 is 0 Å². The Hall–Kier alpha value is -0.570. The molecule has 0 aromatic heterocycles. The number of hydrogen-bond acceptors (Lipinski definition) is 2. The standard InChI is InChI=1S/C14H23ClN2/c1-4-5-14(16)10-17(3)11(2)12-6-8-13(15)9-7-12/h6-9,11,14H,4-5,10,16H2,1-3H3. The molecule has 1 aromatic rings. The summed E-state index contributed by atoms with van der Waals surface area (Å²) in [6.45, 7) is 5.29. The van der Waals surface area contributed by atoms with Crippen LogP contribution in [0.2, 0.25) is 5.02 Å². The molecular formula is C14H23ClN2. The van der Waals surface area contributed by atoms with Crippen LogP contribution in [0.3, 0.4) is 0 Å². The highest BCUT2D eigenvalue weighted by Gasteiger charge is 2.14. The molecule has 1 aromatic carbocycles. The number of nitrogens with zero attached hydrogens (tertiary/aromatic N) is 1. The lowest BCUT2D eigenvalue weighted by Crippen LogP contribution is -2.36. The molecule has 0 radical (unpaired) electrons. The summed E-state index contributed by atoms with van der Waals surface area (Å²) in [5.74, 6) is 0. The van der Waals surface area contributed by atoms with Crippen LogP contribution in [-0.2, 0) is 0 Å². The highest BCUT2D eigenvalue weighted by atomic mass is 35.5. The molecule has 2 nitrogen and oxygen atoms in total. The Balaban J connectivity index is 2.56. The largest absolute Gasteiger partial charge is 0.327 e. The van der Waals surface area contributed by atoms with Crippen molar-refractivity contribution in [1.29, 1.82) is 0 Å². The Morgan fingerprint density at radius 1 is 1.29 bits per heavy atom. The molecule has 96 valence electrons. The van der Waals surface area contributed by atoms with Gasteiger partial charge in [-0.25, -0.2) is 0 Å². The van der Waals surface area contributed by atoms with E-state index in [0.717, 1.165) is 24.4 Å². The molecule has 0 spiro atoms. The van der Waals surface area contributed by atoms with Crippen molar-refractivity contribution in [3.63, 3.8) is 0 Å². The molecule has 17 heavy (non-hydrogen) atoms. The summed E-state index contributed by atoms with van der Waals surface area (Å²) in [5.41, 5.74) is 7.34. The predicted molar refractivity (Wildman–Crippen MR) is 75.4 cm³/mol. The lowest BCUT2D eigenvalue weighted by Gasteiger charge is -2.27. The quantitative estimate of drug-likeness (QED) is 0.843. The van der Waals surface area contributed by atoms with Crippen LogP contribution in [0.4, 0.5) is 0 Å². The van der Waals surface area contributed by atoms with Crippen LogP contribution in [0.5, 0.6) is 0 Å². The molecule has 1 rings (SSSR count). The van der Waals surface area contributed by atoms with Gasteiger partial charge in [0.25, 0.3) is 0 Å². The van der Waals surface area contributed by atoms with E-state index in [0.29, 0.717) is 6.04 Å². The highest BCUT2D eigenvalue weighted by Crippen LogP contribution is 2.20. The molecule has 2 N–H and O–H groups in total. The van der Waals surface area contributed by atoms with Gasteiger partial charge in [0.05, 0.1) is 0 Å². The number of rotatable bonds is 6. The second-order valence-electron chi connectivity index (χ2n) is 4.72. The number of likely N-dealkylation sites (N-methyl/N-ethyl adjacent to an activating group) is 1. The van der Waals surface area contributed by atoms with Crippen molar-refractivity contribution in [2.45, 2.75) is 38.8 Å². The average Bonchev–Trinajstić information content (AvgIpc) is 2.29. The van der Waals surface area contributed by atoms with E-state index >= 15 is 0 Å². The van der Waals surface area contributed by atoms with Crippen LogP contribution in [-0.4, -0.2) is 24.5 Å². The van der Waals surface area contributed by atoms with E-state index in [-0.39, 0.29) is 6.04 Å². The maximum Gasteiger partial charge on any atom is 0.0406 e. The van der Waals surface area contributed by atoms with E-state index in [1.807, 2.05) is 12.1 Å². The van der Waals surface area contributed by atoms with Gasteiger partial charge >= 0.3 is 0 Å². The summed E-state index contributed by atoms with van der Waals surface area (Å²) in [6, 6.07) is 8.67. The fourth-order valence-corrected chi connectivity index (χ4v) is 2.11. The van der Waals surface area contributed by atoms with Crippen molar-refractivity contribution < 1.29 is 0 Å². The minimum Gasteiger partial charge on any atom is -0.327 e. The first-order valence-electron chi connectivity index (χ1n) is 6.25. The Labute approximate surface area is 110 Å². The second kappa shape index (κ2) is 7.00. The maximum absolute atomic E-state index is 6.06. The maximum atomic E-state index is 6.06. The normalized spacial score (nSPS) is 14.9. The van der Waals surface area contributed by atoms with Gasteiger partial charge in [0.1, 0.15) is 0 Å². The minimum atomic E-state index is 0.264. The number of nitrogens with two attached hydrogens (primary N) is 1. The average molecular weight is 255 g/mol. The van der Waals surface area contributed by atoms with Gasteiger partial charge in [-0.3, -0.25) is 4.90 Å². The van der Waals surface area contributed by atoms with E-state index in [1.165, 1.54) is 5.56 Å². The molecule has 2 unspecified atom stereocenters. The van der Waals surface area contributed by atoms with Gasteiger partial charge in [-0.05, 0) is 38.1 Å². The highest BCUT2D eigenvalue weighted by molar-refractivity contribution is 6.30. The Morgan fingerprint density at radius 2 is 1.88 bits per heavy atom. The predicted octanol–water partition coefficient (Wildman–Crippen LogP) is 3.46. The van der Waals surface area contributed by atoms with Gasteiger partial charge in [-0.2, -0.15) is 0 Å². The van der Waals surface area contributed by atoms with E-state index in [2.05, 4.69) is 37.9 Å². The van der Waals surface area contributed by atoms with Crippen LogP contribution >= 0.6 is 11.6 Å². The third kappa shape index (κ3) is 4.66. The van der Waals surface area contributed by atoms with Crippen molar-refractivity contribution >= 4 is 11.6 Å². The minimum absolute atomic E-state index is 0.264. The molecular weight excluding hydrogens is 232 g/mol. The van der Waals surface area contributed by atoms with E-state index in [9.17, 15) is 0 Å². The molecule has 0 amide bonds. The van der Waals surface area contributed by atoms with Gasteiger partial charge in [0.15, 0.2) is 0 Å². The second-order valence-corrected chi connectivity index (χ2v) is 5.15. The van der Waals surface area contributed by atoms with Crippen LogP contribution < -0.4 is 5.73 Å². The zero-order valence-electron chi connectivity index (χ0n) is 11.0. The third-order valence-corrected chi connectivity index (χ3v) is 3.45. The summed E-state index contributed by atoms with van der Waals surface area (Å²) in [6.07, 6.45) is 2.22. The first kappa shape index (κ1) is 14.5. The SMILES string of the molecule is CCCC(N)CN(C)C(C)c1ccc(Cl)cc1. The fraction of sp³-hybridized carbons (Fsp3) is 0.571. The molecule has 0 heterocycles. The van der Waals surface area contributed by atoms with Gasteiger partial charge in [0, 0.05) is 23.7 Å². The zero-order chi connectivity index (χ0) is 12.8. The fourth-order valence-electron chi connectivity index (χ4n) is 1.99. The van der Waals surface area contributed by atoms with Crippen molar-refractivity contribution in [3.05, 3.63) is 34.9 Å². The lowest BCUT2D eigenvalue weighted by atomic mass is 10.1. The van der Waals surface area contributed by atoms with Crippen LogP contribution in [0, 0.1) is 0 Å². The summed E-state index contributed by atoms with van der Waals surface area (Å²) < 4.78 is 0. The van der Waals surface area contributed by atoms with Gasteiger partial charge in [-0.1, -0.05) is 37.1 Å². The summed E-state index contributed by atoms with van der Waals surface area (Å²) in [5, 5.41) is 0.784. The molecule has 0 aliphatic heterocycles. The van der Waals surface area contributed by atoms with Gasteiger partial charge < -0.3 is 5.73 Å². The van der Waals surface area contributed by atoms with Crippen LogP contribution in [0.1, 0.15) is 38.3 Å². The first-order chi connectivity index (χ1) is 8.04. The molecule has 0 aliphatic rings. The lowest BCUT2D eigenvalue weighted by molar-refractivity contribution is 0.241. The molecule has 0 fully saturated rings. The topological polar surface area (TPSA) is 29.3 Å². The number of hydrogen-bond donors (Lipinski definition) is 1. The molecule has 0 bridgehead atoms. The Kier molecular flexibility index (Phi) is 5.96. The summed E-state index contributed by atoms with van der Waals surface area (Å²) >= 11 is 5.89. The van der Waals surface area contributed by atoms with Crippen molar-refractivity contribution in [2.24, 2.45) is 5.73 Å². The number of halogens is 1. The van der Waals surface area contributed by atoms with Gasteiger partial charge in [-0.15, -0.1) is 0 Å². The first-order valence-corrected chi connectivity index (χ1v) is 6.63. The smallest absolute Gasteiger partial charge is 0.0406 e. The monoisotopic (exact) mass is 254 g/mol. The van der Waals surface area contributed by atoms with E-state index in [4.69, 9.17) is 17.3 Å². The van der Waals surface area contributed by atoms with Crippen LogP contribution in [0.15, 0.2) is 24.3 Å². The Morgan fingerprint density at radius 3 is 2.41 bits per heavy atom. The van der Waals surface area contributed by atoms with Crippen molar-refractivity contribution in [2.75, 3.05) is 13.6 Å². The van der Waals surface area contributed by atoms with Crippen molar-refractivity contribution in [3.8, 4) is 0 Å². The molecule has 0 saturated heterocycles. The number of benzene rings is 1. The van der Waals surface area contributed by atoms with Gasteiger partial charge in [0.2, 0.25) is 0 Å². The molecule has 2 atom stereocenters. The zero-order valence-corrected chi connectivity index (χ0v) is 11.7. The molecule has 0 aliphatic carbocycles. The molecule has 0 saturated carbocycles.